The number of imide groups is 1. The van der Waals surface area contributed by atoms with E-state index in [9.17, 15) is 9.59 Å². The molecule has 1 aliphatic rings. The molecule has 3 nitrogen and oxygen atoms in total. The number of carbonyl (C=O) groups is 2. The summed E-state index contributed by atoms with van der Waals surface area (Å²) in [4.78, 5) is 22.8. The first kappa shape index (κ1) is 14.2. The van der Waals surface area contributed by atoms with Gasteiger partial charge in [-0.1, -0.05) is 33.1 Å². The van der Waals surface area contributed by atoms with Gasteiger partial charge < -0.3 is 0 Å². The molecule has 1 saturated heterocycles. The van der Waals surface area contributed by atoms with Gasteiger partial charge in [-0.15, -0.1) is 0 Å². The minimum Gasteiger partial charge on any atom is -0.296 e. The summed E-state index contributed by atoms with van der Waals surface area (Å²) in [5.41, 5.74) is 0.402. The molecule has 17 heavy (non-hydrogen) atoms. The molecule has 0 atom stereocenters. The summed E-state index contributed by atoms with van der Waals surface area (Å²) in [6.07, 6.45) is 8.54. The molecular formula is C14H25NO2. The van der Waals surface area contributed by atoms with E-state index in [0.29, 0.717) is 18.3 Å². The van der Waals surface area contributed by atoms with Crippen LogP contribution in [-0.4, -0.2) is 11.8 Å². The van der Waals surface area contributed by atoms with E-state index in [-0.39, 0.29) is 11.8 Å². The van der Waals surface area contributed by atoms with Gasteiger partial charge in [-0.25, -0.2) is 0 Å². The number of rotatable bonds is 1. The Labute approximate surface area is 104 Å². The Kier molecular flexibility index (Phi) is 5.66. The van der Waals surface area contributed by atoms with Crippen LogP contribution < -0.4 is 5.32 Å². The summed E-state index contributed by atoms with van der Waals surface area (Å²) in [5, 5.41) is 2.45. The highest BCUT2D eigenvalue weighted by atomic mass is 16.2. The zero-order valence-electron chi connectivity index (χ0n) is 11.2. The normalized spacial score (nSPS) is 23.4. The number of carbonyl (C=O) groups excluding carboxylic acids is 2. The van der Waals surface area contributed by atoms with Gasteiger partial charge in [-0.2, -0.15) is 0 Å². The number of amides is 2. The van der Waals surface area contributed by atoms with Gasteiger partial charge in [0, 0.05) is 12.8 Å². The Morgan fingerprint density at radius 2 is 1.47 bits per heavy atom. The highest BCUT2D eigenvalue weighted by molar-refractivity contribution is 5.95. The van der Waals surface area contributed by atoms with Gasteiger partial charge in [0.25, 0.3) is 0 Å². The standard InChI is InChI=1S/C14H25NO2/c1-3-14(2)10-6-4-8-12(16)15-13(17)9-5-7-11-14/h3-11H2,1-2H3,(H,15,16,17). The molecule has 0 saturated carbocycles. The van der Waals surface area contributed by atoms with Crippen molar-refractivity contribution in [1.82, 2.24) is 5.32 Å². The van der Waals surface area contributed by atoms with E-state index in [1.54, 1.807) is 0 Å². The van der Waals surface area contributed by atoms with Gasteiger partial charge in [0.15, 0.2) is 0 Å². The van der Waals surface area contributed by atoms with Crippen molar-refractivity contribution in [3.63, 3.8) is 0 Å². The van der Waals surface area contributed by atoms with Gasteiger partial charge in [0.2, 0.25) is 11.8 Å². The second-order valence-corrected chi connectivity index (χ2v) is 5.55. The Morgan fingerprint density at radius 1 is 1.00 bits per heavy atom. The van der Waals surface area contributed by atoms with Crippen LogP contribution in [0.3, 0.4) is 0 Å². The zero-order chi connectivity index (χ0) is 12.7. The Hall–Kier alpha value is -0.860. The molecule has 0 aliphatic carbocycles. The third-order valence-corrected chi connectivity index (χ3v) is 4.00. The van der Waals surface area contributed by atoms with E-state index < -0.39 is 0 Å². The molecule has 3 heteroatoms. The van der Waals surface area contributed by atoms with Crippen LogP contribution in [-0.2, 0) is 9.59 Å². The number of hydrogen-bond donors (Lipinski definition) is 1. The second kappa shape index (κ2) is 6.77. The van der Waals surface area contributed by atoms with Crippen molar-refractivity contribution in [2.45, 2.75) is 71.6 Å². The predicted molar refractivity (Wildman–Crippen MR) is 68.5 cm³/mol. The smallest absolute Gasteiger partial charge is 0.226 e. The average molecular weight is 239 g/mol. The van der Waals surface area contributed by atoms with E-state index in [1.807, 2.05) is 0 Å². The van der Waals surface area contributed by atoms with Crippen LogP contribution in [0, 0.1) is 5.41 Å². The van der Waals surface area contributed by atoms with Crippen molar-refractivity contribution in [2.24, 2.45) is 5.41 Å². The first-order valence-electron chi connectivity index (χ1n) is 6.88. The maximum absolute atomic E-state index is 11.4. The third kappa shape index (κ3) is 5.33. The lowest BCUT2D eigenvalue weighted by atomic mass is 9.77. The highest BCUT2D eigenvalue weighted by Crippen LogP contribution is 2.34. The second-order valence-electron chi connectivity index (χ2n) is 5.55. The van der Waals surface area contributed by atoms with Gasteiger partial charge in [-0.05, 0) is 31.1 Å². The zero-order valence-corrected chi connectivity index (χ0v) is 11.2. The highest BCUT2D eigenvalue weighted by Gasteiger charge is 2.22. The van der Waals surface area contributed by atoms with Gasteiger partial charge in [0.1, 0.15) is 0 Å². The number of hydrogen-bond acceptors (Lipinski definition) is 2. The molecule has 1 aliphatic heterocycles. The van der Waals surface area contributed by atoms with Crippen LogP contribution in [0.25, 0.3) is 0 Å². The van der Waals surface area contributed by atoms with Crippen molar-refractivity contribution in [3.05, 3.63) is 0 Å². The molecule has 0 aromatic rings. The molecule has 2 amide bonds. The first-order chi connectivity index (χ1) is 8.06. The molecule has 0 spiro atoms. The van der Waals surface area contributed by atoms with Gasteiger partial charge >= 0.3 is 0 Å². The van der Waals surface area contributed by atoms with Gasteiger partial charge in [-0.3, -0.25) is 14.9 Å². The summed E-state index contributed by atoms with van der Waals surface area (Å²) in [5.74, 6) is -0.206. The topological polar surface area (TPSA) is 46.2 Å². The SMILES string of the molecule is CCC1(C)CCCCC(=O)NC(=O)CCCC1. The Balaban J connectivity index is 2.52. The number of nitrogens with one attached hydrogen (secondary N) is 1. The van der Waals surface area contributed by atoms with Crippen LogP contribution in [0.15, 0.2) is 0 Å². The largest absolute Gasteiger partial charge is 0.296 e. The van der Waals surface area contributed by atoms with Crippen LogP contribution in [0.2, 0.25) is 0 Å². The summed E-state index contributed by atoms with van der Waals surface area (Å²) in [7, 11) is 0. The van der Waals surface area contributed by atoms with E-state index in [4.69, 9.17) is 0 Å². The lowest BCUT2D eigenvalue weighted by Gasteiger charge is -2.28. The maximum atomic E-state index is 11.4. The van der Waals surface area contributed by atoms with Crippen molar-refractivity contribution in [2.75, 3.05) is 0 Å². The van der Waals surface area contributed by atoms with Gasteiger partial charge in [0.05, 0.1) is 0 Å². The van der Waals surface area contributed by atoms with Crippen LogP contribution in [0.4, 0.5) is 0 Å². The minimum absolute atomic E-state index is 0.103. The molecule has 1 heterocycles. The first-order valence-corrected chi connectivity index (χ1v) is 6.88. The fourth-order valence-electron chi connectivity index (χ4n) is 2.43. The molecule has 1 rings (SSSR count). The molecule has 0 aromatic carbocycles. The third-order valence-electron chi connectivity index (χ3n) is 4.00. The van der Waals surface area contributed by atoms with E-state index in [2.05, 4.69) is 19.2 Å². The Bertz CT molecular complexity index is 251. The molecule has 0 bridgehead atoms. The summed E-state index contributed by atoms with van der Waals surface area (Å²) < 4.78 is 0. The Morgan fingerprint density at radius 3 is 1.88 bits per heavy atom. The van der Waals surface area contributed by atoms with E-state index in [1.165, 1.54) is 19.3 Å². The van der Waals surface area contributed by atoms with Crippen LogP contribution in [0.1, 0.15) is 71.6 Å². The average Bonchev–Trinajstić information content (AvgIpc) is 2.29. The molecule has 1 N–H and O–H groups in total. The quantitative estimate of drug-likeness (QED) is 0.714. The lowest BCUT2D eigenvalue weighted by Crippen LogP contribution is -2.30. The van der Waals surface area contributed by atoms with E-state index >= 15 is 0 Å². The molecule has 0 unspecified atom stereocenters. The summed E-state index contributed by atoms with van der Waals surface area (Å²) >= 11 is 0. The van der Waals surface area contributed by atoms with Crippen LogP contribution in [0.5, 0.6) is 0 Å². The van der Waals surface area contributed by atoms with Crippen molar-refractivity contribution < 1.29 is 9.59 Å². The van der Waals surface area contributed by atoms with Crippen molar-refractivity contribution in [3.8, 4) is 0 Å². The molecule has 1 fully saturated rings. The van der Waals surface area contributed by atoms with Crippen molar-refractivity contribution in [1.29, 1.82) is 0 Å². The summed E-state index contributed by atoms with van der Waals surface area (Å²) in [6, 6.07) is 0. The minimum atomic E-state index is -0.103. The molecule has 0 radical (unpaired) electrons. The fourth-order valence-corrected chi connectivity index (χ4v) is 2.43. The van der Waals surface area contributed by atoms with Crippen LogP contribution >= 0.6 is 0 Å². The molecule has 98 valence electrons. The fraction of sp³-hybridized carbons (Fsp3) is 0.857. The van der Waals surface area contributed by atoms with E-state index in [0.717, 1.165) is 25.7 Å². The predicted octanol–water partition coefficient (Wildman–Crippen LogP) is 3.18. The maximum Gasteiger partial charge on any atom is 0.226 e. The van der Waals surface area contributed by atoms with Crippen molar-refractivity contribution >= 4 is 11.8 Å². The monoisotopic (exact) mass is 239 g/mol. The summed E-state index contributed by atoms with van der Waals surface area (Å²) in [6.45, 7) is 4.57. The molecule has 0 aromatic heterocycles. The molecular weight excluding hydrogens is 214 g/mol. The lowest BCUT2D eigenvalue weighted by molar-refractivity contribution is -0.130.